The van der Waals surface area contributed by atoms with Gasteiger partial charge in [-0.05, 0) is 25.5 Å². The van der Waals surface area contributed by atoms with Gasteiger partial charge in [0.1, 0.15) is 11.4 Å². The minimum absolute atomic E-state index is 0.0366. The van der Waals surface area contributed by atoms with Crippen molar-refractivity contribution in [3.8, 4) is 0 Å². The van der Waals surface area contributed by atoms with Crippen molar-refractivity contribution in [2.24, 2.45) is 5.73 Å². The first-order chi connectivity index (χ1) is 9.09. The predicted octanol–water partition coefficient (Wildman–Crippen LogP) is 1.98. The number of thiazole rings is 1. The molecule has 6 heteroatoms. The van der Waals surface area contributed by atoms with Crippen molar-refractivity contribution in [1.29, 1.82) is 0 Å². The molecule has 2 atom stereocenters. The second kappa shape index (κ2) is 4.77. The van der Waals surface area contributed by atoms with Gasteiger partial charge in [-0.2, -0.15) is 0 Å². The Morgan fingerprint density at radius 2 is 2.26 bits per heavy atom. The Morgan fingerprint density at radius 1 is 1.47 bits per heavy atom. The molecule has 2 unspecified atom stereocenters. The summed E-state index contributed by atoms with van der Waals surface area (Å²) in [6.45, 7) is 4.00. The summed E-state index contributed by atoms with van der Waals surface area (Å²) in [4.78, 5) is 19.0. The van der Waals surface area contributed by atoms with E-state index in [9.17, 15) is 4.79 Å². The van der Waals surface area contributed by atoms with E-state index < -0.39 is 0 Å². The van der Waals surface area contributed by atoms with E-state index in [4.69, 9.17) is 5.73 Å². The molecule has 0 radical (unpaired) electrons. The minimum Gasteiger partial charge on any atom is -0.317 e. The van der Waals surface area contributed by atoms with Gasteiger partial charge in [0.05, 0.1) is 11.2 Å². The van der Waals surface area contributed by atoms with Gasteiger partial charge in [0, 0.05) is 16.3 Å². The van der Waals surface area contributed by atoms with E-state index in [1.807, 2.05) is 24.3 Å². The van der Waals surface area contributed by atoms with E-state index in [1.54, 1.807) is 23.1 Å². The number of aromatic nitrogens is 1. The van der Waals surface area contributed by atoms with Gasteiger partial charge in [-0.3, -0.25) is 4.79 Å². The summed E-state index contributed by atoms with van der Waals surface area (Å²) in [6, 6.07) is -0.325. The van der Waals surface area contributed by atoms with Crippen molar-refractivity contribution < 1.29 is 4.79 Å². The number of thioether (sulfide) groups is 1. The van der Waals surface area contributed by atoms with Gasteiger partial charge in [0.15, 0.2) is 0 Å². The Morgan fingerprint density at radius 3 is 2.95 bits per heavy atom. The largest absolute Gasteiger partial charge is 0.317 e. The van der Waals surface area contributed by atoms with Crippen molar-refractivity contribution in [2.45, 2.75) is 25.3 Å². The Bertz CT molecular complexity index is 590. The van der Waals surface area contributed by atoms with Crippen molar-refractivity contribution in [1.82, 2.24) is 9.88 Å². The van der Waals surface area contributed by atoms with Gasteiger partial charge in [-0.15, -0.1) is 23.1 Å². The van der Waals surface area contributed by atoms with Gasteiger partial charge in [0.2, 0.25) is 5.91 Å². The van der Waals surface area contributed by atoms with E-state index >= 15 is 0 Å². The predicted molar refractivity (Wildman–Crippen MR) is 79.7 cm³/mol. The summed E-state index contributed by atoms with van der Waals surface area (Å²) in [6.07, 6.45) is 4.17. The van der Waals surface area contributed by atoms with Crippen LogP contribution in [-0.2, 0) is 4.79 Å². The summed E-state index contributed by atoms with van der Waals surface area (Å²) >= 11 is 3.36. The molecule has 4 nitrogen and oxygen atoms in total. The number of hydrogen-bond donors (Lipinski definition) is 1. The lowest BCUT2D eigenvalue weighted by atomic mass is 10.0. The highest BCUT2D eigenvalue weighted by atomic mass is 32.2. The highest BCUT2D eigenvalue weighted by Gasteiger charge is 2.48. The fraction of sp³-hybridized carbons (Fsp3) is 0.385. The average molecular weight is 293 g/mol. The smallest absolute Gasteiger partial charge is 0.247 e. The standard InChI is InChI=1S/C13H15N3OS2/c1-7-10(19-6-15-7)4-3-9-5-18-13-11(14)12(17)16(13)8(9)2/h3-4,6,11,13H,5,14H2,1-2H3. The molecule has 0 saturated carbocycles. The number of hydrogen-bond acceptors (Lipinski definition) is 5. The van der Waals surface area contributed by atoms with Crippen LogP contribution in [-0.4, -0.2) is 33.0 Å². The Balaban J connectivity index is 1.84. The topological polar surface area (TPSA) is 59.2 Å². The van der Waals surface area contributed by atoms with Crippen LogP contribution < -0.4 is 5.73 Å². The maximum Gasteiger partial charge on any atom is 0.247 e. The highest BCUT2D eigenvalue weighted by molar-refractivity contribution is 8.00. The van der Waals surface area contributed by atoms with Crippen LogP contribution in [0.15, 0.2) is 22.9 Å². The van der Waals surface area contributed by atoms with Gasteiger partial charge in [-0.25, -0.2) is 4.98 Å². The summed E-state index contributed by atoms with van der Waals surface area (Å²) in [7, 11) is 0. The van der Waals surface area contributed by atoms with Crippen molar-refractivity contribution in [3.05, 3.63) is 33.4 Å². The van der Waals surface area contributed by atoms with E-state index in [-0.39, 0.29) is 17.3 Å². The molecule has 2 aliphatic heterocycles. The first-order valence-electron chi connectivity index (χ1n) is 6.08. The van der Waals surface area contributed by atoms with Crippen LogP contribution in [0.5, 0.6) is 0 Å². The van der Waals surface area contributed by atoms with Gasteiger partial charge < -0.3 is 10.6 Å². The number of β-lactam (4-membered cyclic amide) rings is 1. The van der Waals surface area contributed by atoms with E-state index in [2.05, 4.69) is 17.1 Å². The molecule has 1 aromatic rings. The zero-order chi connectivity index (χ0) is 13.6. The van der Waals surface area contributed by atoms with Crippen molar-refractivity contribution >= 4 is 35.1 Å². The number of carbonyl (C=O) groups excluding carboxylic acids is 1. The number of fused-ring (bicyclic) bond motifs is 1. The van der Waals surface area contributed by atoms with Crippen molar-refractivity contribution in [2.75, 3.05) is 5.75 Å². The van der Waals surface area contributed by atoms with Crippen LogP contribution in [0.1, 0.15) is 17.5 Å². The van der Waals surface area contributed by atoms with Gasteiger partial charge >= 0.3 is 0 Å². The Kier molecular flexibility index (Phi) is 3.24. The number of aryl methyl sites for hydroxylation is 1. The van der Waals surface area contributed by atoms with Crippen LogP contribution >= 0.6 is 23.1 Å². The summed E-state index contributed by atoms with van der Waals surface area (Å²) in [5.41, 5.74) is 10.9. The zero-order valence-electron chi connectivity index (χ0n) is 10.8. The third-order valence-corrected chi connectivity index (χ3v) is 5.76. The molecule has 0 spiro atoms. The SMILES string of the molecule is CC1=C(C=Cc2scnc2C)CSC2C(N)C(=O)N12. The summed E-state index contributed by atoms with van der Waals surface area (Å²) in [5, 5.41) is 0.134. The fourth-order valence-corrected chi connectivity index (χ4v) is 4.36. The monoisotopic (exact) mass is 293 g/mol. The van der Waals surface area contributed by atoms with Crippen LogP contribution in [0.25, 0.3) is 6.08 Å². The number of nitrogens with zero attached hydrogens (tertiary/aromatic N) is 2. The summed E-state index contributed by atoms with van der Waals surface area (Å²) in [5.74, 6) is 0.942. The maximum atomic E-state index is 11.8. The molecule has 1 aromatic heterocycles. The number of amides is 1. The first kappa shape index (κ1) is 12.9. The molecule has 2 aliphatic rings. The second-order valence-corrected chi connectivity index (χ2v) is 6.67. The van der Waals surface area contributed by atoms with E-state index in [0.29, 0.717) is 0 Å². The first-order valence-corrected chi connectivity index (χ1v) is 8.00. The number of allylic oxidation sites excluding steroid dienone is 2. The minimum atomic E-state index is -0.325. The van der Waals surface area contributed by atoms with Gasteiger partial charge in [-0.1, -0.05) is 6.08 Å². The molecule has 3 rings (SSSR count). The van der Waals surface area contributed by atoms with Gasteiger partial charge in [0.25, 0.3) is 0 Å². The third-order valence-electron chi connectivity index (χ3n) is 3.54. The molecule has 0 bridgehead atoms. The highest BCUT2D eigenvalue weighted by Crippen LogP contribution is 2.39. The molecule has 1 amide bonds. The van der Waals surface area contributed by atoms with Crippen LogP contribution in [0, 0.1) is 6.92 Å². The Hall–Kier alpha value is -1.11. The second-order valence-electron chi connectivity index (χ2n) is 4.68. The fourth-order valence-electron chi connectivity index (χ4n) is 2.27. The molecular weight excluding hydrogens is 278 g/mol. The molecule has 100 valence electrons. The lowest BCUT2D eigenvalue weighted by Crippen LogP contribution is -2.67. The maximum absolute atomic E-state index is 11.8. The van der Waals surface area contributed by atoms with Crippen LogP contribution in [0.2, 0.25) is 0 Å². The molecule has 1 saturated heterocycles. The molecule has 19 heavy (non-hydrogen) atoms. The van der Waals surface area contributed by atoms with E-state index in [1.165, 1.54) is 10.5 Å². The molecule has 1 fully saturated rings. The number of nitrogens with two attached hydrogens (primary N) is 1. The molecular formula is C13H15N3OS2. The average Bonchev–Trinajstić information content (AvgIpc) is 2.81. The third kappa shape index (κ3) is 2.04. The molecule has 2 N–H and O–H groups in total. The lowest BCUT2D eigenvalue weighted by Gasteiger charge is -2.48. The lowest BCUT2D eigenvalue weighted by molar-refractivity contribution is -0.141. The number of carbonyl (C=O) groups is 1. The quantitative estimate of drug-likeness (QED) is 0.847. The normalized spacial score (nSPS) is 26.9. The summed E-state index contributed by atoms with van der Waals surface area (Å²) < 4.78 is 0. The van der Waals surface area contributed by atoms with Crippen molar-refractivity contribution in [3.63, 3.8) is 0 Å². The van der Waals surface area contributed by atoms with Crippen LogP contribution in [0.3, 0.4) is 0 Å². The zero-order valence-corrected chi connectivity index (χ0v) is 12.4. The molecule has 0 aliphatic carbocycles. The van der Waals surface area contributed by atoms with E-state index in [0.717, 1.165) is 17.1 Å². The molecule has 3 heterocycles. The number of rotatable bonds is 2. The Labute approximate surface area is 120 Å². The van der Waals surface area contributed by atoms with Crippen LogP contribution in [0.4, 0.5) is 0 Å². The molecule has 0 aromatic carbocycles.